The lowest BCUT2D eigenvalue weighted by atomic mass is 10.2. The largest absolute Gasteiger partial charge is 0.389 e. The SMILES string of the molecule is CCC(C)NCC(O)COCC1CC1. The van der Waals surface area contributed by atoms with Crippen LogP contribution in [-0.2, 0) is 4.74 Å². The zero-order valence-electron chi connectivity index (χ0n) is 9.33. The molecule has 3 nitrogen and oxygen atoms in total. The van der Waals surface area contributed by atoms with Gasteiger partial charge in [-0.25, -0.2) is 0 Å². The van der Waals surface area contributed by atoms with E-state index in [9.17, 15) is 5.11 Å². The lowest BCUT2D eigenvalue weighted by molar-refractivity contribution is 0.0314. The second-order valence-electron chi connectivity index (χ2n) is 4.35. The van der Waals surface area contributed by atoms with Crippen LogP contribution >= 0.6 is 0 Å². The van der Waals surface area contributed by atoms with E-state index in [1.54, 1.807) is 0 Å². The van der Waals surface area contributed by atoms with E-state index in [0.717, 1.165) is 18.9 Å². The van der Waals surface area contributed by atoms with Crippen LogP contribution in [0.25, 0.3) is 0 Å². The van der Waals surface area contributed by atoms with E-state index in [1.165, 1.54) is 12.8 Å². The molecule has 2 N–H and O–H groups in total. The number of aliphatic hydroxyl groups is 1. The van der Waals surface area contributed by atoms with Crippen molar-refractivity contribution >= 4 is 0 Å². The van der Waals surface area contributed by atoms with Gasteiger partial charge in [-0.1, -0.05) is 6.92 Å². The highest BCUT2D eigenvalue weighted by atomic mass is 16.5. The molecule has 1 rings (SSSR count). The monoisotopic (exact) mass is 201 g/mol. The predicted octanol–water partition coefficient (Wildman–Crippen LogP) is 1.16. The van der Waals surface area contributed by atoms with Gasteiger partial charge in [0.25, 0.3) is 0 Å². The van der Waals surface area contributed by atoms with Gasteiger partial charge in [-0.2, -0.15) is 0 Å². The maximum absolute atomic E-state index is 9.54. The average Bonchev–Trinajstić information content (AvgIpc) is 2.98. The molecule has 3 heteroatoms. The summed E-state index contributed by atoms with van der Waals surface area (Å²) in [4.78, 5) is 0. The molecule has 0 saturated heterocycles. The van der Waals surface area contributed by atoms with Crippen molar-refractivity contribution in [2.45, 2.75) is 45.3 Å². The predicted molar refractivity (Wildman–Crippen MR) is 57.3 cm³/mol. The lowest BCUT2D eigenvalue weighted by Crippen LogP contribution is -2.35. The van der Waals surface area contributed by atoms with E-state index in [-0.39, 0.29) is 6.10 Å². The summed E-state index contributed by atoms with van der Waals surface area (Å²) in [6.45, 7) is 6.20. The molecule has 1 aliphatic rings. The van der Waals surface area contributed by atoms with Crippen LogP contribution < -0.4 is 5.32 Å². The van der Waals surface area contributed by atoms with Gasteiger partial charge >= 0.3 is 0 Å². The molecule has 0 aromatic heterocycles. The number of rotatable bonds is 8. The van der Waals surface area contributed by atoms with Gasteiger partial charge in [0.05, 0.1) is 12.7 Å². The zero-order chi connectivity index (χ0) is 10.4. The third kappa shape index (κ3) is 5.58. The molecular weight excluding hydrogens is 178 g/mol. The molecule has 2 unspecified atom stereocenters. The first kappa shape index (κ1) is 12.0. The normalized spacial score (nSPS) is 20.8. The van der Waals surface area contributed by atoms with Crippen molar-refractivity contribution in [1.82, 2.24) is 5.32 Å². The highest BCUT2D eigenvalue weighted by Gasteiger charge is 2.21. The second-order valence-corrected chi connectivity index (χ2v) is 4.35. The molecule has 0 heterocycles. The number of hydrogen-bond donors (Lipinski definition) is 2. The fourth-order valence-electron chi connectivity index (χ4n) is 1.20. The fourth-order valence-corrected chi connectivity index (χ4v) is 1.20. The average molecular weight is 201 g/mol. The number of hydrogen-bond acceptors (Lipinski definition) is 3. The van der Waals surface area contributed by atoms with Crippen LogP contribution in [0.1, 0.15) is 33.1 Å². The van der Waals surface area contributed by atoms with Crippen LogP contribution in [0.5, 0.6) is 0 Å². The summed E-state index contributed by atoms with van der Waals surface area (Å²) in [5, 5.41) is 12.8. The molecule has 1 fully saturated rings. The topological polar surface area (TPSA) is 41.5 Å². The Bertz CT molecular complexity index is 148. The summed E-state index contributed by atoms with van der Waals surface area (Å²) in [5.74, 6) is 0.782. The number of ether oxygens (including phenoxy) is 1. The van der Waals surface area contributed by atoms with Crippen LogP contribution in [0.15, 0.2) is 0 Å². The van der Waals surface area contributed by atoms with Crippen LogP contribution in [0, 0.1) is 5.92 Å². The molecule has 1 saturated carbocycles. The van der Waals surface area contributed by atoms with Crippen molar-refractivity contribution in [3.8, 4) is 0 Å². The summed E-state index contributed by atoms with van der Waals surface area (Å²) in [5.41, 5.74) is 0. The summed E-state index contributed by atoms with van der Waals surface area (Å²) in [7, 11) is 0. The highest BCUT2D eigenvalue weighted by molar-refractivity contribution is 4.72. The van der Waals surface area contributed by atoms with E-state index < -0.39 is 0 Å². The van der Waals surface area contributed by atoms with E-state index in [1.807, 2.05) is 0 Å². The van der Waals surface area contributed by atoms with Crippen LogP contribution in [0.4, 0.5) is 0 Å². The maximum atomic E-state index is 9.54. The van der Waals surface area contributed by atoms with Crippen LogP contribution in [0.2, 0.25) is 0 Å². The quantitative estimate of drug-likeness (QED) is 0.619. The highest BCUT2D eigenvalue weighted by Crippen LogP contribution is 2.28. The van der Waals surface area contributed by atoms with Gasteiger partial charge in [-0.05, 0) is 32.1 Å². The van der Waals surface area contributed by atoms with E-state index in [0.29, 0.717) is 19.2 Å². The molecule has 14 heavy (non-hydrogen) atoms. The van der Waals surface area contributed by atoms with Gasteiger partial charge in [-0.15, -0.1) is 0 Å². The van der Waals surface area contributed by atoms with E-state index in [2.05, 4.69) is 19.2 Å². The molecule has 0 bridgehead atoms. The lowest BCUT2D eigenvalue weighted by Gasteiger charge is -2.15. The minimum atomic E-state index is -0.359. The Hall–Kier alpha value is -0.120. The van der Waals surface area contributed by atoms with Crippen molar-refractivity contribution in [3.05, 3.63) is 0 Å². The molecular formula is C11H23NO2. The third-order valence-electron chi connectivity index (χ3n) is 2.68. The molecule has 0 aromatic carbocycles. The first-order chi connectivity index (χ1) is 6.72. The van der Waals surface area contributed by atoms with E-state index >= 15 is 0 Å². The smallest absolute Gasteiger partial charge is 0.0897 e. The Morgan fingerprint density at radius 1 is 1.50 bits per heavy atom. The Labute approximate surface area is 86.8 Å². The van der Waals surface area contributed by atoms with Gasteiger partial charge < -0.3 is 15.2 Å². The molecule has 2 atom stereocenters. The number of aliphatic hydroxyl groups excluding tert-OH is 1. The second kappa shape index (κ2) is 6.38. The summed E-state index contributed by atoms with van der Waals surface area (Å²) < 4.78 is 5.40. The standard InChI is InChI=1S/C11H23NO2/c1-3-9(2)12-6-11(13)8-14-7-10-4-5-10/h9-13H,3-8H2,1-2H3. The summed E-state index contributed by atoms with van der Waals surface area (Å²) in [6.07, 6.45) is 3.35. The summed E-state index contributed by atoms with van der Waals surface area (Å²) in [6, 6.07) is 0.480. The van der Waals surface area contributed by atoms with Gasteiger partial charge in [0, 0.05) is 19.2 Å². The Kier molecular flexibility index (Phi) is 5.45. The zero-order valence-corrected chi connectivity index (χ0v) is 9.33. The van der Waals surface area contributed by atoms with Crippen molar-refractivity contribution < 1.29 is 9.84 Å². The van der Waals surface area contributed by atoms with Crippen LogP contribution in [-0.4, -0.2) is 37.0 Å². The first-order valence-corrected chi connectivity index (χ1v) is 5.71. The van der Waals surface area contributed by atoms with Crippen molar-refractivity contribution in [2.75, 3.05) is 19.8 Å². The minimum absolute atomic E-state index is 0.359. The van der Waals surface area contributed by atoms with Gasteiger partial charge in [0.2, 0.25) is 0 Å². The molecule has 0 aliphatic heterocycles. The molecule has 1 aliphatic carbocycles. The molecule has 0 spiro atoms. The van der Waals surface area contributed by atoms with Gasteiger partial charge in [0.15, 0.2) is 0 Å². The number of nitrogens with one attached hydrogen (secondary N) is 1. The van der Waals surface area contributed by atoms with Crippen molar-refractivity contribution in [1.29, 1.82) is 0 Å². The molecule has 0 aromatic rings. The Morgan fingerprint density at radius 2 is 2.21 bits per heavy atom. The minimum Gasteiger partial charge on any atom is -0.389 e. The first-order valence-electron chi connectivity index (χ1n) is 5.71. The van der Waals surface area contributed by atoms with Crippen molar-refractivity contribution in [3.63, 3.8) is 0 Å². The van der Waals surface area contributed by atoms with E-state index in [4.69, 9.17) is 4.74 Å². The molecule has 0 radical (unpaired) electrons. The molecule has 0 amide bonds. The fraction of sp³-hybridized carbons (Fsp3) is 1.00. The summed E-state index contributed by atoms with van der Waals surface area (Å²) >= 11 is 0. The van der Waals surface area contributed by atoms with Crippen LogP contribution in [0.3, 0.4) is 0 Å². The molecule has 84 valence electrons. The van der Waals surface area contributed by atoms with Gasteiger partial charge in [0.1, 0.15) is 0 Å². The Morgan fingerprint density at radius 3 is 2.79 bits per heavy atom. The third-order valence-corrected chi connectivity index (χ3v) is 2.68. The maximum Gasteiger partial charge on any atom is 0.0897 e. The Balaban J connectivity index is 1.89. The van der Waals surface area contributed by atoms with Gasteiger partial charge in [-0.3, -0.25) is 0 Å². The van der Waals surface area contributed by atoms with Crippen molar-refractivity contribution in [2.24, 2.45) is 5.92 Å².